The molecule has 3 rings (SSSR count). The van der Waals surface area contributed by atoms with Crippen LogP contribution in [0, 0.1) is 0 Å². The van der Waals surface area contributed by atoms with E-state index in [4.69, 9.17) is 27.6 Å². The maximum Gasteiger partial charge on any atom is 0.438 e. The standard InChI is InChI=1S/C15H13Cl2N3O2S/c1-19(8-10-4-2-5-11(16)13(10)17)9-20-15(21)22-14(18-20)12-6-3-7-23-12/h2-7H,8-9H2,1H3. The Hall–Kier alpha value is -1.60. The average molecular weight is 370 g/mol. The molecule has 2 aromatic heterocycles. The lowest BCUT2D eigenvalue weighted by atomic mass is 10.2. The summed E-state index contributed by atoms with van der Waals surface area (Å²) in [6.45, 7) is 0.823. The van der Waals surface area contributed by atoms with Crippen LogP contribution in [0.2, 0.25) is 10.0 Å². The number of hydrogen-bond acceptors (Lipinski definition) is 5. The molecule has 0 saturated heterocycles. The molecule has 1 aromatic carbocycles. The lowest BCUT2D eigenvalue weighted by molar-refractivity contribution is 0.237. The molecule has 0 unspecified atom stereocenters. The van der Waals surface area contributed by atoms with Gasteiger partial charge in [0.1, 0.15) is 6.67 Å². The van der Waals surface area contributed by atoms with E-state index in [2.05, 4.69) is 5.10 Å². The molecule has 3 aromatic rings. The molecule has 23 heavy (non-hydrogen) atoms. The van der Waals surface area contributed by atoms with Gasteiger partial charge in [0.2, 0.25) is 0 Å². The molecule has 0 spiro atoms. The molecule has 0 aliphatic carbocycles. The van der Waals surface area contributed by atoms with E-state index >= 15 is 0 Å². The Balaban J connectivity index is 1.74. The lowest BCUT2D eigenvalue weighted by Gasteiger charge is -2.16. The number of hydrogen-bond donors (Lipinski definition) is 0. The Morgan fingerprint density at radius 3 is 2.87 bits per heavy atom. The maximum absolute atomic E-state index is 11.9. The molecule has 5 nitrogen and oxygen atoms in total. The van der Waals surface area contributed by atoms with Crippen LogP contribution in [0.15, 0.2) is 44.9 Å². The van der Waals surface area contributed by atoms with Crippen molar-refractivity contribution in [1.29, 1.82) is 0 Å². The fourth-order valence-corrected chi connectivity index (χ4v) is 3.16. The van der Waals surface area contributed by atoms with Crippen LogP contribution in [0.5, 0.6) is 0 Å². The van der Waals surface area contributed by atoms with E-state index in [9.17, 15) is 4.79 Å². The minimum absolute atomic E-state index is 0.288. The molecule has 2 heterocycles. The van der Waals surface area contributed by atoms with Gasteiger partial charge in [-0.25, -0.2) is 4.79 Å². The largest absolute Gasteiger partial charge is 0.438 e. The molecule has 0 atom stereocenters. The first-order chi connectivity index (χ1) is 11.0. The van der Waals surface area contributed by atoms with E-state index < -0.39 is 5.76 Å². The van der Waals surface area contributed by atoms with Gasteiger partial charge in [-0.2, -0.15) is 4.68 Å². The van der Waals surface area contributed by atoms with Gasteiger partial charge in [0.25, 0.3) is 5.89 Å². The highest BCUT2D eigenvalue weighted by Crippen LogP contribution is 2.26. The third-order valence-corrected chi connectivity index (χ3v) is 4.90. The van der Waals surface area contributed by atoms with Gasteiger partial charge in [0.15, 0.2) is 0 Å². The molecular weight excluding hydrogens is 357 g/mol. The Kier molecular flexibility index (Phi) is 4.87. The molecule has 120 valence electrons. The summed E-state index contributed by atoms with van der Waals surface area (Å²) in [7, 11) is 1.86. The van der Waals surface area contributed by atoms with Crippen LogP contribution in [-0.2, 0) is 13.2 Å². The van der Waals surface area contributed by atoms with E-state index in [1.807, 2.05) is 41.6 Å². The van der Waals surface area contributed by atoms with Crippen LogP contribution in [0.25, 0.3) is 10.8 Å². The highest BCUT2D eigenvalue weighted by molar-refractivity contribution is 7.13. The van der Waals surface area contributed by atoms with E-state index in [1.165, 1.54) is 16.0 Å². The summed E-state index contributed by atoms with van der Waals surface area (Å²) in [5.41, 5.74) is 0.886. The van der Waals surface area contributed by atoms with Gasteiger partial charge in [-0.3, -0.25) is 4.90 Å². The van der Waals surface area contributed by atoms with Crippen LogP contribution >= 0.6 is 34.5 Å². The van der Waals surface area contributed by atoms with Crippen molar-refractivity contribution in [2.24, 2.45) is 0 Å². The molecule has 0 N–H and O–H groups in total. The third kappa shape index (κ3) is 3.67. The van der Waals surface area contributed by atoms with E-state index in [1.54, 1.807) is 6.07 Å². The number of benzene rings is 1. The Bertz CT molecular complexity index is 858. The number of thiophene rings is 1. The van der Waals surface area contributed by atoms with E-state index in [0.717, 1.165) is 10.4 Å². The number of rotatable bonds is 5. The predicted molar refractivity (Wildman–Crippen MR) is 92.0 cm³/mol. The molecule has 0 aliphatic heterocycles. The van der Waals surface area contributed by atoms with Crippen LogP contribution in [-0.4, -0.2) is 21.7 Å². The molecule has 0 bridgehead atoms. The minimum atomic E-state index is -0.488. The summed E-state index contributed by atoms with van der Waals surface area (Å²) in [5, 5.41) is 7.16. The Morgan fingerprint density at radius 1 is 1.30 bits per heavy atom. The van der Waals surface area contributed by atoms with Crippen molar-refractivity contribution in [2.75, 3.05) is 7.05 Å². The van der Waals surface area contributed by atoms with Gasteiger partial charge < -0.3 is 4.42 Å². The van der Waals surface area contributed by atoms with Crippen LogP contribution in [0.3, 0.4) is 0 Å². The summed E-state index contributed by atoms with van der Waals surface area (Å²) in [4.78, 5) is 14.6. The predicted octanol–water partition coefficient (Wildman–Crippen LogP) is 3.96. The number of aromatic nitrogens is 2. The number of nitrogens with zero attached hydrogens (tertiary/aromatic N) is 3. The molecule has 0 radical (unpaired) electrons. The second kappa shape index (κ2) is 6.88. The highest BCUT2D eigenvalue weighted by Gasteiger charge is 2.13. The monoisotopic (exact) mass is 369 g/mol. The zero-order valence-corrected chi connectivity index (χ0v) is 14.5. The second-order valence-electron chi connectivity index (χ2n) is 5.02. The van der Waals surface area contributed by atoms with Crippen molar-refractivity contribution in [3.63, 3.8) is 0 Å². The van der Waals surface area contributed by atoms with Crippen molar-refractivity contribution in [2.45, 2.75) is 13.2 Å². The van der Waals surface area contributed by atoms with E-state index in [0.29, 0.717) is 22.5 Å². The quantitative estimate of drug-likeness (QED) is 0.682. The van der Waals surface area contributed by atoms with Crippen LogP contribution < -0.4 is 5.76 Å². The summed E-state index contributed by atoms with van der Waals surface area (Å²) in [6, 6.07) is 9.22. The SMILES string of the molecule is CN(Cc1cccc(Cl)c1Cl)Cn1nc(-c2cccs2)oc1=O. The molecular formula is C15H13Cl2N3O2S. The minimum Gasteiger partial charge on any atom is -0.387 e. The molecule has 0 aliphatic rings. The fourth-order valence-electron chi connectivity index (χ4n) is 2.14. The first-order valence-corrected chi connectivity index (χ1v) is 8.41. The molecule has 0 amide bonds. The first-order valence-electron chi connectivity index (χ1n) is 6.78. The van der Waals surface area contributed by atoms with Crippen molar-refractivity contribution in [1.82, 2.24) is 14.7 Å². The van der Waals surface area contributed by atoms with Gasteiger partial charge in [-0.05, 0) is 30.1 Å². The van der Waals surface area contributed by atoms with Gasteiger partial charge in [-0.1, -0.05) is 41.4 Å². The van der Waals surface area contributed by atoms with Gasteiger partial charge >= 0.3 is 5.76 Å². The van der Waals surface area contributed by atoms with E-state index in [-0.39, 0.29) is 6.67 Å². The average Bonchev–Trinajstić information content (AvgIpc) is 3.14. The van der Waals surface area contributed by atoms with Gasteiger partial charge in [0, 0.05) is 6.54 Å². The Labute approximate surface area is 146 Å². The zero-order valence-electron chi connectivity index (χ0n) is 12.2. The van der Waals surface area contributed by atoms with Crippen LogP contribution in [0.1, 0.15) is 5.56 Å². The summed E-state index contributed by atoms with van der Waals surface area (Å²) in [6.07, 6.45) is 0. The molecule has 0 saturated carbocycles. The topological polar surface area (TPSA) is 51.3 Å². The van der Waals surface area contributed by atoms with Crippen molar-refractivity contribution < 1.29 is 4.42 Å². The lowest BCUT2D eigenvalue weighted by Crippen LogP contribution is -2.28. The molecule has 8 heteroatoms. The number of halogens is 2. The Morgan fingerprint density at radius 2 is 2.13 bits per heavy atom. The maximum atomic E-state index is 11.9. The zero-order chi connectivity index (χ0) is 16.4. The highest BCUT2D eigenvalue weighted by atomic mass is 35.5. The van der Waals surface area contributed by atoms with Gasteiger partial charge in [-0.15, -0.1) is 16.4 Å². The van der Waals surface area contributed by atoms with Crippen LogP contribution in [0.4, 0.5) is 0 Å². The fraction of sp³-hybridized carbons (Fsp3) is 0.200. The first kappa shape index (κ1) is 16.3. The normalized spacial score (nSPS) is 11.3. The smallest absolute Gasteiger partial charge is 0.387 e. The second-order valence-corrected chi connectivity index (χ2v) is 6.75. The van der Waals surface area contributed by atoms with Gasteiger partial charge in [0.05, 0.1) is 14.9 Å². The molecule has 0 fully saturated rings. The van der Waals surface area contributed by atoms with Crippen molar-refractivity contribution in [3.05, 3.63) is 61.9 Å². The summed E-state index contributed by atoms with van der Waals surface area (Å²) >= 11 is 13.7. The third-order valence-electron chi connectivity index (χ3n) is 3.19. The summed E-state index contributed by atoms with van der Waals surface area (Å²) in [5.74, 6) is -0.156. The van der Waals surface area contributed by atoms with Crippen molar-refractivity contribution >= 4 is 34.5 Å². The van der Waals surface area contributed by atoms with Crippen molar-refractivity contribution in [3.8, 4) is 10.8 Å². The summed E-state index contributed by atoms with van der Waals surface area (Å²) < 4.78 is 6.47.